The molecule has 0 radical (unpaired) electrons. The fourth-order valence-corrected chi connectivity index (χ4v) is 3.21. The summed E-state index contributed by atoms with van der Waals surface area (Å²) in [6, 6.07) is 8.52. The van der Waals surface area contributed by atoms with E-state index < -0.39 is 0 Å². The van der Waals surface area contributed by atoms with Crippen molar-refractivity contribution in [2.24, 2.45) is 0 Å². The second kappa shape index (κ2) is 9.25. The standard InChI is InChI=1S/C20H32O/c1-2-3-4-5-6-7-8-9-14-20(21)19-13-11-10-12-18(19)17-15-16-17/h10-13,17,20-21H,2-9,14-16H2,1H3. The van der Waals surface area contributed by atoms with Crippen molar-refractivity contribution in [2.45, 2.75) is 89.6 Å². The van der Waals surface area contributed by atoms with Crippen molar-refractivity contribution in [1.29, 1.82) is 0 Å². The van der Waals surface area contributed by atoms with Crippen molar-refractivity contribution in [3.8, 4) is 0 Å². The molecule has 21 heavy (non-hydrogen) atoms. The number of hydrogen-bond acceptors (Lipinski definition) is 1. The van der Waals surface area contributed by atoms with Gasteiger partial charge in [0.1, 0.15) is 0 Å². The van der Waals surface area contributed by atoms with E-state index in [-0.39, 0.29) is 6.10 Å². The number of aliphatic hydroxyl groups is 1. The summed E-state index contributed by atoms with van der Waals surface area (Å²) in [6.45, 7) is 2.26. The van der Waals surface area contributed by atoms with Gasteiger partial charge in [0.25, 0.3) is 0 Å². The molecule has 1 heteroatoms. The molecule has 0 heterocycles. The van der Waals surface area contributed by atoms with Gasteiger partial charge in [-0.3, -0.25) is 0 Å². The average molecular weight is 288 g/mol. The molecule has 1 aliphatic rings. The van der Waals surface area contributed by atoms with Crippen LogP contribution in [0.4, 0.5) is 0 Å². The second-order valence-corrected chi connectivity index (χ2v) is 6.68. The molecular weight excluding hydrogens is 256 g/mol. The van der Waals surface area contributed by atoms with Gasteiger partial charge in [0.05, 0.1) is 6.10 Å². The number of aliphatic hydroxyl groups excluding tert-OH is 1. The van der Waals surface area contributed by atoms with Crippen LogP contribution in [0, 0.1) is 0 Å². The zero-order valence-corrected chi connectivity index (χ0v) is 13.7. The smallest absolute Gasteiger partial charge is 0.0792 e. The normalized spacial score (nSPS) is 16.1. The van der Waals surface area contributed by atoms with Crippen LogP contribution in [0.5, 0.6) is 0 Å². The average Bonchev–Trinajstić information content (AvgIpc) is 3.34. The Morgan fingerprint density at radius 2 is 1.57 bits per heavy atom. The minimum Gasteiger partial charge on any atom is -0.388 e. The quantitative estimate of drug-likeness (QED) is 0.486. The van der Waals surface area contributed by atoms with Gasteiger partial charge in [0.2, 0.25) is 0 Å². The van der Waals surface area contributed by atoms with Crippen molar-refractivity contribution in [3.05, 3.63) is 35.4 Å². The maximum atomic E-state index is 10.5. The highest BCUT2D eigenvalue weighted by molar-refractivity contribution is 5.34. The van der Waals surface area contributed by atoms with Gasteiger partial charge in [-0.1, -0.05) is 82.6 Å². The molecule has 0 aliphatic heterocycles. The van der Waals surface area contributed by atoms with E-state index in [1.54, 1.807) is 0 Å². The van der Waals surface area contributed by atoms with Crippen molar-refractivity contribution >= 4 is 0 Å². The summed E-state index contributed by atoms with van der Waals surface area (Å²) in [5, 5.41) is 10.5. The van der Waals surface area contributed by atoms with Gasteiger partial charge in [-0.2, -0.15) is 0 Å². The lowest BCUT2D eigenvalue weighted by molar-refractivity contribution is 0.162. The highest BCUT2D eigenvalue weighted by atomic mass is 16.3. The minimum absolute atomic E-state index is 0.248. The van der Waals surface area contributed by atoms with E-state index in [1.165, 1.54) is 68.9 Å². The summed E-state index contributed by atoms with van der Waals surface area (Å²) in [6.07, 6.45) is 13.9. The third kappa shape index (κ3) is 5.82. The highest BCUT2D eigenvalue weighted by Crippen LogP contribution is 2.43. The van der Waals surface area contributed by atoms with Crippen LogP contribution in [0.2, 0.25) is 0 Å². The van der Waals surface area contributed by atoms with Gasteiger partial charge >= 0.3 is 0 Å². The van der Waals surface area contributed by atoms with Gasteiger partial charge < -0.3 is 5.11 Å². The maximum Gasteiger partial charge on any atom is 0.0792 e. The summed E-state index contributed by atoms with van der Waals surface area (Å²) in [5.74, 6) is 0.731. The fourth-order valence-electron chi connectivity index (χ4n) is 3.21. The molecule has 1 fully saturated rings. The first kappa shape index (κ1) is 16.5. The predicted octanol–water partition coefficient (Wildman–Crippen LogP) is 6.13. The first-order valence-electron chi connectivity index (χ1n) is 9.09. The maximum absolute atomic E-state index is 10.5. The molecule has 0 amide bonds. The Morgan fingerprint density at radius 3 is 2.24 bits per heavy atom. The number of hydrogen-bond donors (Lipinski definition) is 1. The molecular formula is C20H32O. The van der Waals surface area contributed by atoms with Gasteiger partial charge in [-0.25, -0.2) is 0 Å². The molecule has 1 aliphatic carbocycles. The van der Waals surface area contributed by atoms with E-state index in [0.717, 1.165) is 18.8 Å². The van der Waals surface area contributed by atoms with Gasteiger partial charge in [0, 0.05) is 0 Å². The van der Waals surface area contributed by atoms with E-state index in [1.807, 2.05) is 0 Å². The zero-order chi connectivity index (χ0) is 14.9. The summed E-state index contributed by atoms with van der Waals surface area (Å²) in [7, 11) is 0. The van der Waals surface area contributed by atoms with Crippen LogP contribution in [0.3, 0.4) is 0 Å². The molecule has 1 N–H and O–H groups in total. The molecule has 1 nitrogen and oxygen atoms in total. The van der Waals surface area contributed by atoms with Crippen molar-refractivity contribution in [3.63, 3.8) is 0 Å². The molecule has 1 aromatic rings. The Hall–Kier alpha value is -0.820. The van der Waals surface area contributed by atoms with Gasteiger partial charge in [-0.15, -0.1) is 0 Å². The molecule has 1 unspecified atom stereocenters. The van der Waals surface area contributed by atoms with E-state index in [9.17, 15) is 5.11 Å². The second-order valence-electron chi connectivity index (χ2n) is 6.68. The molecule has 1 atom stereocenters. The summed E-state index contributed by atoms with van der Waals surface area (Å²) < 4.78 is 0. The lowest BCUT2D eigenvalue weighted by Gasteiger charge is -2.15. The minimum atomic E-state index is -0.248. The van der Waals surface area contributed by atoms with Gasteiger partial charge in [0.15, 0.2) is 0 Å². The largest absolute Gasteiger partial charge is 0.388 e. The lowest BCUT2D eigenvalue weighted by atomic mass is 9.95. The SMILES string of the molecule is CCCCCCCCCCC(O)c1ccccc1C1CC1. The van der Waals surface area contributed by atoms with Crippen LogP contribution in [0.25, 0.3) is 0 Å². The Balaban J connectivity index is 1.62. The fraction of sp³-hybridized carbons (Fsp3) is 0.700. The van der Waals surface area contributed by atoms with Crippen LogP contribution in [-0.2, 0) is 0 Å². The molecule has 118 valence electrons. The lowest BCUT2D eigenvalue weighted by Crippen LogP contribution is -2.01. The first-order valence-corrected chi connectivity index (χ1v) is 9.09. The zero-order valence-electron chi connectivity index (χ0n) is 13.7. The van der Waals surface area contributed by atoms with E-state index in [4.69, 9.17) is 0 Å². The Kier molecular flexibility index (Phi) is 7.29. The number of benzene rings is 1. The third-order valence-corrected chi connectivity index (χ3v) is 4.70. The summed E-state index contributed by atoms with van der Waals surface area (Å²) in [4.78, 5) is 0. The molecule has 1 aromatic carbocycles. The molecule has 0 aromatic heterocycles. The Bertz CT molecular complexity index is 395. The van der Waals surface area contributed by atoms with Crippen molar-refractivity contribution in [1.82, 2.24) is 0 Å². The van der Waals surface area contributed by atoms with Crippen LogP contribution in [-0.4, -0.2) is 5.11 Å². The monoisotopic (exact) mass is 288 g/mol. The van der Waals surface area contributed by atoms with Crippen LogP contribution in [0.15, 0.2) is 24.3 Å². The molecule has 0 bridgehead atoms. The van der Waals surface area contributed by atoms with Crippen LogP contribution >= 0.6 is 0 Å². The van der Waals surface area contributed by atoms with Crippen molar-refractivity contribution in [2.75, 3.05) is 0 Å². The Morgan fingerprint density at radius 1 is 0.952 bits per heavy atom. The topological polar surface area (TPSA) is 20.2 Å². The van der Waals surface area contributed by atoms with E-state index >= 15 is 0 Å². The van der Waals surface area contributed by atoms with Crippen molar-refractivity contribution < 1.29 is 5.11 Å². The van der Waals surface area contributed by atoms with Gasteiger partial charge in [-0.05, 0) is 36.3 Å². The Labute approximate surface area is 130 Å². The number of unbranched alkanes of at least 4 members (excludes halogenated alkanes) is 7. The van der Waals surface area contributed by atoms with E-state index in [2.05, 4.69) is 31.2 Å². The molecule has 0 saturated heterocycles. The third-order valence-electron chi connectivity index (χ3n) is 4.70. The van der Waals surface area contributed by atoms with Crippen LogP contribution in [0.1, 0.15) is 101 Å². The highest BCUT2D eigenvalue weighted by Gasteiger charge is 2.27. The summed E-state index contributed by atoms with van der Waals surface area (Å²) >= 11 is 0. The summed E-state index contributed by atoms with van der Waals surface area (Å²) in [5.41, 5.74) is 2.60. The van der Waals surface area contributed by atoms with Crippen LogP contribution < -0.4 is 0 Å². The predicted molar refractivity (Wildman–Crippen MR) is 90.6 cm³/mol. The molecule has 1 saturated carbocycles. The first-order chi connectivity index (χ1) is 10.3. The molecule has 2 rings (SSSR count). The van der Waals surface area contributed by atoms with E-state index in [0.29, 0.717) is 0 Å². The number of rotatable bonds is 11. The molecule has 0 spiro atoms.